The third-order valence-electron chi connectivity index (χ3n) is 2.93. The van der Waals surface area contributed by atoms with E-state index in [4.69, 9.17) is 0 Å². The molecule has 0 amide bonds. The molecule has 0 spiro atoms. The molecule has 0 aromatic carbocycles. The Hall–Kier alpha value is -0.690. The van der Waals surface area contributed by atoms with Gasteiger partial charge in [-0.25, -0.2) is 0 Å². The van der Waals surface area contributed by atoms with Gasteiger partial charge in [0.2, 0.25) is 0 Å². The van der Waals surface area contributed by atoms with Gasteiger partial charge >= 0.3 is 0 Å². The predicted molar refractivity (Wildman–Crippen MR) is 90.6 cm³/mol. The molecule has 1 nitrogen and oxygen atoms in total. The minimum absolute atomic E-state index is 0.428. The van der Waals surface area contributed by atoms with Crippen molar-refractivity contribution in [3.8, 4) is 0 Å². The number of thiophene rings is 1. The largest absolute Gasteiger partial charge is 0.313 e. The molecule has 1 aromatic heterocycles. The average Bonchev–Trinajstić information content (AvgIpc) is 3.08. The summed E-state index contributed by atoms with van der Waals surface area (Å²) in [6, 6.07) is 4.90. The van der Waals surface area contributed by atoms with E-state index in [1.807, 2.05) is 18.4 Å². The smallest absolute Gasteiger partial charge is 0.0298 e. The van der Waals surface area contributed by atoms with Crippen molar-refractivity contribution < 1.29 is 0 Å². The van der Waals surface area contributed by atoms with Crippen LogP contribution in [0.15, 0.2) is 41.2 Å². The second-order valence-electron chi connectivity index (χ2n) is 5.06. The van der Waals surface area contributed by atoms with E-state index in [0.717, 1.165) is 15.0 Å². The lowest BCUT2D eigenvalue weighted by molar-refractivity contribution is 0.669. The first kappa shape index (κ1) is 14.7. The number of likely N-dealkylation sites (N-methyl/N-ethyl adjacent to an activating group) is 1. The normalized spacial score (nSPS) is 19.2. The van der Waals surface area contributed by atoms with Crippen LogP contribution in [0.1, 0.15) is 23.6 Å². The molecule has 102 valence electrons. The van der Waals surface area contributed by atoms with Gasteiger partial charge in [-0.05, 0) is 50.6 Å². The molecule has 1 aliphatic rings. The second-order valence-corrected chi connectivity index (χ2v) is 7.60. The van der Waals surface area contributed by atoms with Crippen molar-refractivity contribution in [2.24, 2.45) is 0 Å². The average molecular weight is 291 g/mol. The highest BCUT2D eigenvalue weighted by molar-refractivity contribution is 7.53. The molecule has 0 aliphatic carbocycles. The number of hydrogen-bond acceptors (Lipinski definition) is 2. The summed E-state index contributed by atoms with van der Waals surface area (Å²) in [5.74, 6) is 0. The van der Waals surface area contributed by atoms with Crippen molar-refractivity contribution in [1.82, 2.24) is 5.32 Å². The highest BCUT2D eigenvalue weighted by Crippen LogP contribution is 2.43. The molecule has 1 saturated heterocycles. The fourth-order valence-corrected chi connectivity index (χ4v) is 3.39. The van der Waals surface area contributed by atoms with Gasteiger partial charge in [-0.15, -0.1) is 11.3 Å². The Morgan fingerprint density at radius 1 is 1.47 bits per heavy atom. The first-order valence-corrected chi connectivity index (χ1v) is 8.72. The van der Waals surface area contributed by atoms with E-state index < -0.39 is 0 Å². The minimum Gasteiger partial charge on any atom is -0.313 e. The first-order chi connectivity index (χ1) is 9.17. The van der Waals surface area contributed by atoms with E-state index in [0.29, 0.717) is 6.04 Å². The standard InChI is InChI=1S/C16H22NPS/c1-12(2)9-15-7-8-16(19-15)10-13(17-3)5-4-6-14-11-18-14/h4-9,13,17-18H,10-11H2,1-3H3/b5-4+,14-6+/t13-/m1/s1. The van der Waals surface area contributed by atoms with Crippen LogP contribution >= 0.6 is 19.9 Å². The van der Waals surface area contributed by atoms with E-state index in [1.165, 1.54) is 21.5 Å². The van der Waals surface area contributed by atoms with Crippen molar-refractivity contribution in [3.63, 3.8) is 0 Å². The molecular formula is C16H22NPS. The minimum atomic E-state index is 0.428. The van der Waals surface area contributed by atoms with Crippen LogP contribution in [0.25, 0.3) is 6.08 Å². The van der Waals surface area contributed by atoms with Crippen LogP contribution in [0.4, 0.5) is 0 Å². The SMILES string of the molecule is CN[C@H](/C=C/C=C1\CP1)Cc1ccc(C=C(C)C)s1. The van der Waals surface area contributed by atoms with Crippen LogP contribution in [0.3, 0.4) is 0 Å². The summed E-state index contributed by atoms with van der Waals surface area (Å²) in [6.07, 6.45) is 11.4. The maximum absolute atomic E-state index is 3.37. The highest BCUT2D eigenvalue weighted by Gasteiger charge is 2.09. The predicted octanol–water partition coefficient (Wildman–Crippen LogP) is 4.43. The molecule has 1 N–H and O–H groups in total. The van der Waals surface area contributed by atoms with Crippen molar-refractivity contribution in [1.29, 1.82) is 0 Å². The molecule has 1 fully saturated rings. The zero-order valence-electron chi connectivity index (χ0n) is 11.9. The monoisotopic (exact) mass is 291 g/mol. The molecule has 0 bridgehead atoms. The maximum Gasteiger partial charge on any atom is 0.0298 e. The van der Waals surface area contributed by atoms with Crippen molar-refractivity contribution in [3.05, 3.63) is 51.0 Å². The molecule has 2 atom stereocenters. The molecule has 1 unspecified atom stereocenters. The molecule has 1 aromatic rings. The maximum atomic E-state index is 3.37. The fraction of sp³-hybridized carbons (Fsp3) is 0.375. The summed E-state index contributed by atoms with van der Waals surface area (Å²) < 4.78 is 0. The van der Waals surface area contributed by atoms with Crippen LogP contribution in [0.5, 0.6) is 0 Å². The quantitative estimate of drug-likeness (QED) is 0.764. The lowest BCUT2D eigenvalue weighted by atomic mass is 10.1. The number of nitrogens with one attached hydrogen (secondary N) is 1. The van der Waals surface area contributed by atoms with Gasteiger partial charge in [0, 0.05) is 22.2 Å². The van der Waals surface area contributed by atoms with Gasteiger partial charge in [-0.2, -0.15) is 0 Å². The number of hydrogen-bond donors (Lipinski definition) is 1. The number of rotatable bonds is 6. The third-order valence-corrected chi connectivity index (χ3v) is 4.91. The molecule has 2 heterocycles. The van der Waals surface area contributed by atoms with E-state index >= 15 is 0 Å². The zero-order valence-corrected chi connectivity index (χ0v) is 13.7. The summed E-state index contributed by atoms with van der Waals surface area (Å²) in [5.41, 5.74) is 1.36. The second kappa shape index (κ2) is 7.19. The summed E-state index contributed by atoms with van der Waals surface area (Å²) in [6.45, 7) is 4.29. The van der Waals surface area contributed by atoms with Gasteiger partial charge in [0.25, 0.3) is 0 Å². The Balaban J connectivity index is 1.93. The Kier molecular flexibility index (Phi) is 5.57. The Labute approximate surface area is 122 Å². The lowest BCUT2D eigenvalue weighted by Crippen LogP contribution is -2.24. The third kappa shape index (κ3) is 5.44. The van der Waals surface area contributed by atoms with Crippen molar-refractivity contribution >= 4 is 26.0 Å². The van der Waals surface area contributed by atoms with Crippen LogP contribution < -0.4 is 5.32 Å². The summed E-state index contributed by atoms with van der Waals surface area (Å²) in [7, 11) is 3.12. The summed E-state index contributed by atoms with van der Waals surface area (Å²) in [5, 5.41) is 4.98. The first-order valence-electron chi connectivity index (χ1n) is 6.69. The topological polar surface area (TPSA) is 12.0 Å². The molecule has 19 heavy (non-hydrogen) atoms. The Bertz CT molecular complexity index is 501. The van der Waals surface area contributed by atoms with E-state index in [-0.39, 0.29) is 0 Å². The van der Waals surface area contributed by atoms with Crippen molar-refractivity contribution in [2.75, 3.05) is 13.2 Å². The summed E-state index contributed by atoms with van der Waals surface area (Å²) in [4.78, 5) is 2.80. The molecular weight excluding hydrogens is 269 g/mol. The van der Waals surface area contributed by atoms with Gasteiger partial charge in [0.05, 0.1) is 0 Å². The van der Waals surface area contributed by atoms with Crippen LogP contribution in [-0.2, 0) is 6.42 Å². The number of allylic oxidation sites excluding steroid dienone is 4. The van der Waals surface area contributed by atoms with Gasteiger partial charge in [0.1, 0.15) is 0 Å². The highest BCUT2D eigenvalue weighted by atomic mass is 32.1. The molecule has 1 aliphatic heterocycles. The van der Waals surface area contributed by atoms with E-state index in [2.05, 4.69) is 55.6 Å². The fourth-order valence-electron chi connectivity index (χ4n) is 1.82. The van der Waals surface area contributed by atoms with Gasteiger partial charge < -0.3 is 5.32 Å². The van der Waals surface area contributed by atoms with E-state index in [1.54, 1.807) is 5.31 Å². The molecule has 0 saturated carbocycles. The van der Waals surface area contributed by atoms with Gasteiger partial charge in [-0.3, -0.25) is 0 Å². The summed E-state index contributed by atoms with van der Waals surface area (Å²) >= 11 is 1.89. The molecule has 2 rings (SSSR count). The zero-order chi connectivity index (χ0) is 13.7. The van der Waals surface area contributed by atoms with Crippen molar-refractivity contribution in [2.45, 2.75) is 26.3 Å². The molecule has 0 radical (unpaired) electrons. The Morgan fingerprint density at radius 3 is 2.89 bits per heavy atom. The van der Waals surface area contributed by atoms with Crippen LogP contribution in [-0.4, -0.2) is 19.3 Å². The Morgan fingerprint density at radius 2 is 2.26 bits per heavy atom. The molecule has 3 heteroatoms. The van der Waals surface area contributed by atoms with Gasteiger partial charge in [0.15, 0.2) is 0 Å². The van der Waals surface area contributed by atoms with Gasteiger partial charge in [-0.1, -0.05) is 32.4 Å². The lowest BCUT2D eigenvalue weighted by Gasteiger charge is -2.09. The van der Waals surface area contributed by atoms with E-state index in [9.17, 15) is 0 Å². The van der Waals surface area contributed by atoms with Crippen LogP contribution in [0, 0.1) is 0 Å². The van der Waals surface area contributed by atoms with Crippen LogP contribution in [0.2, 0.25) is 0 Å².